The average molecular weight is 221 g/mol. The van der Waals surface area contributed by atoms with Gasteiger partial charge >= 0.3 is 0 Å². The van der Waals surface area contributed by atoms with Gasteiger partial charge in [0.05, 0.1) is 0 Å². The highest BCUT2D eigenvalue weighted by Crippen LogP contribution is 2.54. The van der Waals surface area contributed by atoms with Crippen molar-refractivity contribution >= 4 is 41.1 Å². The summed E-state index contributed by atoms with van der Waals surface area (Å²) in [4.78, 5) is 9.34. The van der Waals surface area contributed by atoms with Crippen molar-refractivity contribution in [2.45, 2.75) is 20.3 Å². The van der Waals surface area contributed by atoms with E-state index in [2.05, 4.69) is 6.92 Å². The molecule has 0 saturated heterocycles. The Balaban J connectivity index is 0. The predicted molar refractivity (Wildman–Crippen MR) is 57.0 cm³/mol. The van der Waals surface area contributed by atoms with Crippen molar-refractivity contribution in [1.82, 2.24) is 0 Å². The summed E-state index contributed by atoms with van der Waals surface area (Å²) in [6.07, 6.45) is 1.86. The van der Waals surface area contributed by atoms with E-state index >= 15 is 0 Å². The summed E-state index contributed by atoms with van der Waals surface area (Å²) in [6, 6.07) is 0. The highest BCUT2D eigenvalue weighted by atomic mass is 35.5. The summed E-state index contributed by atoms with van der Waals surface area (Å²) in [5.74, 6) is 1.00. The van der Waals surface area contributed by atoms with Gasteiger partial charge in [-0.25, -0.2) is 0 Å². The van der Waals surface area contributed by atoms with Gasteiger partial charge in [0, 0.05) is 6.16 Å². The van der Waals surface area contributed by atoms with Crippen LogP contribution >= 0.6 is 29.3 Å². The van der Waals surface area contributed by atoms with E-state index < -0.39 is 5.47 Å². The van der Waals surface area contributed by atoms with E-state index in [-0.39, 0.29) is 12.4 Å². The molecule has 0 radical (unpaired) electrons. The molecule has 0 fully saturated rings. The molecule has 0 heterocycles. The Bertz CT molecular complexity index is 120. The quantitative estimate of drug-likeness (QED) is 0.736. The first-order valence-electron chi connectivity index (χ1n) is 3.08. The zero-order chi connectivity index (χ0) is 7.33. The van der Waals surface area contributed by atoms with Crippen LogP contribution < -0.4 is 0 Å². The molecule has 64 valence electrons. The number of halogens is 1. The first-order chi connectivity index (χ1) is 4.12. The van der Waals surface area contributed by atoms with Gasteiger partial charge in [-0.2, -0.15) is 0 Å². The van der Waals surface area contributed by atoms with E-state index in [1.807, 2.05) is 6.92 Å². The van der Waals surface area contributed by atoms with Crippen LogP contribution in [0.3, 0.4) is 0 Å². The zero-order valence-electron chi connectivity index (χ0n) is 6.24. The molecule has 0 rings (SSSR count). The fraction of sp³-hybridized carbons (Fsp3) is 1.00. The molecule has 0 aliphatic rings. The second-order valence-electron chi connectivity index (χ2n) is 1.79. The first-order valence-corrected chi connectivity index (χ1v) is 7.62. The maximum atomic E-state index is 9.34. The number of hydrogen-bond acceptors (Lipinski definition) is 2. The molecule has 0 aromatic carbocycles. The van der Waals surface area contributed by atoms with Crippen molar-refractivity contribution < 1.29 is 4.89 Å². The Morgan fingerprint density at radius 2 is 2.00 bits per heavy atom. The smallest absolute Gasteiger partial charge is 0.116 e. The van der Waals surface area contributed by atoms with Crippen molar-refractivity contribution in [3.63, 3.8) is 0 Å². The lowest BCUT2D eigenvalue weighted by atomic mass is 10.6. The van der Waals surface area contributed by atoms with Gasteiger partial charge in [-0.15, -0.1) is 12.4 Å². The van der Waals surface area contributed by atoms with Gasteiger partial charge in [-0.3, -0.25) is 0 Å². The molecule has 1 N–H and O–H groups in total. The van der Waals surface area contributed by atoms with Crippen LogP contribution in [-0.4, -0.2) is 16.8 Å². The second-order valence-corrected chi connectivity index (χ2v) is 9.45. The summed E-state index contributed by atoms with van der Waals surface area (Å²) in [7, 11) is 0. The van der Waals surface area contributed by atoms with Crippen molar-refractivity contribution in [1.29, 1.82) is 0 Å². The normalized spacial score (nSPS) is 15.5. The van der Waals surface area contributed by atoms with E-state index in [1.165, 1.54) is 0 Å². The largest absolute Gasteiger partial charge is 0.357 e. The van der Waals surface area contributed by atoms with E-state index in [0.717, 1.165) is 18.3 Å². The lowest BCUT2D eigenvalue weighted by molar-refractivity contribution is 0.639. The molecule has 0 aromatic heterocycles. The zero-order valence-corrected chi connectivity index (χ0v) is 9.58. The average Bonchev–Trinajstić information content (AvgIpc) is 1.84. The Labute approximate surface area is 78.2 Å². The van der Waals surface area contributed by atoms with Crippen LogP contribution in [0.25, 0.3) is 0 Å². The summed E-state index contributed by atoms with van der Waals surface area (Å²) in [5.41, 5.74) is -1.94. The van der Waals surface area contributed by atoms with Crippen molar-refractivity contribution in [3.05, 3.63) is 0 Å². The van der Waals surface area contributed by atoms with E-state index in [4.69, 9.17) is 11.8 Å². The summed E-state index contributed by atoms with van der Waals surface area (Å²) < 4.78 is 0. The van der Waals surface area contributed by atoms with Gasteiger partial charge < -0.3 is 4.89 Å². The van der Waals surface area contributed by atoms with Crippen LogP contribution in [0.15, 0.2) is 0 Å². The van der Waals surface area contributed by atoms with Gasteiger partial charge in [-0.05, 0) is 12.2 Å². The Morgan fingerprint density at radius 3 is 2.30 bits per heavy atom. The maximum absolute atomic E-state index is 9.34. The molecule has 1 unspecified atom stereocenters. The van der Waals surface area contributed by atoms with Gasteiger partial charge in [0.1, 0.15) is 5.47 Å². The fourth-order valence-electron chi connectivity index (χ4n) is 0.325. The van der Waals surface area contributed by atoms with Crippen LogP contribution in [0.2, 0.25) is 0 Å². The lowest BCUT2D eigenvalue weighted by Gasteiger charge is -2.09. The van der Waals surface area contributed by atoms with E-state index in [0.29, 0.717) is 0 Å². The minimum atomic E-state index is -1.94. The van der Waals surface area contributed by atoms with Crippen molar-refractivity contribution in [2.24, 2.45) is 0 Å². The third kappa shape index (κ3) is 7.36. The molecule has 1 nitrogen and oxygen atoms in total. The molecule has 0 aromatic rings. The van der Waals surface area contributed by atoms with Crippen molar-refractivity contribution in [2.75, 3.05) is 11.9 Å². The monoisotopic (exact) mass is 220 g/mol. The number of hydrogen-bond donors (Lipinski definition) is 1. The molecular formula is C5H14ClOPS2. The van der Waals surface area contributed by atoms with E-state index in [1.54, 1.807) is 11.4 Å². The van der Waals surface area contributed by atoms with Gasteiger partial charge in [0.15, 0.2) is 0 Å². The minimum absolute atomic E-state index is 0. The van der Waals surface area contributed by atoms with Crippen LogP contribution in [-0.2, 0) is 11.8 Å². The van der Waals surface area contributed by atoms with E-state index in [9.17, 15) is 4.89 Å². The molecule has 5 heteroatoms. The predicted octanol–water partition coefficient (Wildman–Crippen LogP) is 2.87. The SMILES string of the molecule is CCCSP(O)(=S)CC.Cl. The third-order valence-corrected chi connectivity index (χ3v) is 6.95. The summed E-state index contributed by atoms with van der Waals surface area (Å²) in [6.45, 7) is 4.04. The molecule has 0 aliphatic heterocycles. The summed E-state index contributed by atoms with van der Waals surface area (Å²) in [5, 5.41) is 0. The van der Waals surface area contributed by atoms with Crippen LogP contribution in [0.5, 0.6) is 0 Å². The molecule has 10 heavy (non-hydrogen) atoms. The van der Waals surface area contributed by atoms with Crippen LogP contribution in [0.4, 0.5) is 0 Å². The van der Waals surface area contributed by atoms with Crippen LogP contribution in [0.1, 0.15) is 20.3 Å². The topological polar surface area (TPSA) is 20.2 Å². The third-order valence-electron chi connectivity index (χ3n) is 0.897. The van der Waals surface area contributed by atoms with Gasteiger partial charge in [-0.1, -0.05) is 37.0 Å². The Hall–Kier alpha value is 1.25. The molecule has 0 aliphatic carbocycles. The maximum Gasteiger partial charge on any atom is 0.116 e. The second kappa shape index (κ2) is 6.93. The Kier molecular flexibility index (Phi) is 9.57. The highest BCUT2D eigenvalue weighted by Gasteiger charge is 2.07. The molecular weight excluding hydrogens is 207 g/mol. The molecule has 1 atom stereocenters. The first kappa shape index (κ1) is 13.8. The molecule has 0 bridgehead atoms. The molecule has 0 amide bonds. The highest BCUT2D eigenvalue weighted by molar-refractivity contribution is 8.69. The minimum Gasteiger partial charge on any atom is -0.357 e. The Morgan fingerprint density at radius 1 is 1.50 bits per heavy atom. The van der Waals surface area contributed by atoms with Crippen LogP contribution in [0, 0.1) is 0 Å². The van der Waals surface area contributed by atoms with Gasteiger partial charge in [0.2, 0.25) is 0 Å². The summed E-state index contributed by atoms with van der Waals surface area (Å²) >= 11 is 6.50. The standard InChI is InChI=1S/C5H13OPS2.ClH/c1-3-5-9-7(6,8)4-2;/h3-5H2,1-2H3,(H,6,8);1H. The lowest BCUT2D eigenvalue weighted by Crippen LogP contribution is -1.79. The fourth-order valence-corrected chi connectivity index (χ4v) is 3.60. The molecule has 0 saturated carbocycles. The molecule has 0 spiro atoms. The van der Waals surface area contributed by atoms with Crippen molar-refractivity contribution in [3.8, 4) is 0 Å². The van der Waals surface area contributed by atoms with Gasteiger partial charge in [0.25, 0.3) is 0 Å². The number of rotatable bonds is 4.